The Balaban J connectivity index is 3.05. The lowest BCUT2D eigenvalue weighted by Crippen LogP contribution is -2.38. The minimum atomic E-state index is -1.13. The summed E-state index contributed by atoms with van der Waals surface area (Å²) >= 11 is 11.9. The molecule has 0 radical (unpaired) electrons. The fourth-order valence-corrected chi connectivity index (χ4v) is 2.69. The van der Waals surface area contributed by atoms with Crippen molar-refractivity contribution in [3.8, 4) is 0 Å². The van der Waals surface area contributed by atoms with Crippen LogP contribution in [0.15, 0.2) is 24.3 Å². The smallest absolute Gasteiger partial charge is 0.319 e. The van der Waals surface area contributed by atoms with Crippen LogP contribution in [0.5, 0.6) is 0 Å². The van der Waals surface area contributed by atoms with Gasteiger partial charge in [-0.1, -0.05) is 43.1 Å². The number of benzene rings is 1. The Morgan fingerprint density at radius 1 is 1.18 bits per heavy atom. The molecule has 0 atom stereocenters. The maximum absolute atomic E-state index is 12.5. The third kappa shape index (κ3) is 4.11. The number of ketones is 1. The summed E-state index contributed by atoms with van der Waals surface area (Å²) in [7, 11) is 0. The molecule has 0 fully saturated rings. The van der Waals surface area contributed by atoms with Crippen LogP contribution >= 0.6 is 23.2 Å². The average Bonchev–Trinajstić information content (AvgIpc) is 2.48. The van der Waals surface area contributed by atoms with Crippen LogP contribution in [0.2, 0.25) is 10.0 Å². The van der Waals surface area contributed by atoms with E-state index in [-0.39, 0.29) is 12.4 Å². The number of esters is 1. The van der Waals surface area contributed by atoms with Gasteiger partial charge in [-0.3, -0.25) is 9.59 Å². The van der Waals surface area contributed by atoms with E-state index >= 15 is 0 Å². The van der Waals surface area contributed by atoms with Gasteiger partial charge in [0.25, 0.3) is 0 Å². The van der Waals surface area contributed by atoms with Gasteiger partial charge in [0.1, 0.15) is 5.41 Å². The van der Waals surface area contributed by atoms with Crippen molar-refractivity contribution in [3.05, 3.63) is 39.9 Å². The van der Waals surface area contributed by atoms with Gasteiger partial charge in [0.05, 0.1) is 6.61 Å². The third-order valence-electron chi connectivity index (χ3n) is 3.72. The van der Waals surface area contributed by atoms with Crippen LogP contribution in [-0.2, 0) is 14.3 Å². The van der Waals surface area contributed by atoms with Crippen molar-refractivity contribution in [3.63, 3.8) is 0 Å². The molecule has 5 heteroatoms. The number of hydrogen-bond donors (Lipinski definition) is 0. The molecule has 0 N–H and O–H groups in total. The van der Waals surface area contributed by atoms with Crippen molar-refractivity contribution in [2.75, 3.05) is 6.61 Å². The van der Waals surface area contributed by atoms with E-state index < -0.39 is 11.4 Å². The highest BCUT2D eigenvalue weighted by molar-refractivity contribution is 6.35. The lowest BCUT2D eigenvalue weighted by atomic mass is 9.78. The van der Waals surface area contributed by atoms with Crippen molar-refractivity contribution >= 4 is 41.0 Å². The number of carbonyl (C=O) groups is 2. The number of allylic oxidation sites excluding steroid dienone is 1. The zero-order valence-electron chi connectivity index (χ0n) is 13.0. The van der Waals surface area contributed by atoms with Crippen LogP contribution in [0.4, 0.5) is 0 Å². The summed E-state index contributed by atoms with van der Waals surface area (Å²) in [6, 6.07) is 5.01. The largest absolute Gasteiger partial charge is 0.465 e. The lowest BCUT2D eigenvalue weighted by molar-refractivity contribution is -0.159. The lowest BCUT2D eigenvalue weighted by Gasteiger charge is -2.26. The summed E-state index contributed by atoms with van der Waals surface area (Å²) in [6.45, 7) is 5.59. The van der Waals surface area contributed by atoms with Gasteiger partial charge in [0, 0.05) is 10.0 Å². The van der Waals surface area contributed by atoms with Crippen molar-refractivity contribution in [1.29, 1.82) is 0 Å². The van der Waals surface area contributed by atoms with Crippen LogP contribution in [0.25, 0.3) is 6.08 Å². The molecule has 0 bridgehead atoms. The minimum Gasteiger partial charge on any atom is -0.465 e. The highest BCUT2D eigenvalue weighted by Gasteiger charge is 2.42. The predicted molar refractivity (Wildman–Crippen MR) is 90.2 cm³/mol. The third-order valence-corrected chi connectivity index (χ3v) is 4.28. The molecule has 1 aromatic rings. The van der Waals surface area contributed by atoms with Crippen molar-refractivity contribution in [1.82, 2.24) is 0 Å². The van der Waals surface area contributed by atoms with Crippen LogP contribution in [0.1, 0.15) is 39.2 Å². The molecule has 120 valence electrons. The number of carbonyl (C=O) groups excluding carboxylic acids is 2. The van der Waals surface area contributed by atoms with Crippen molar-refractivity contribution in [2.24, 2.45) is 5.41 Å². The van der Waals surface area contributed by atoms with Gasteiger partial charge in [0.2, 0.25) is 0 Å². The standard InChI is InChI=1S/C17H20Cl2O3/c1-4-17(5-2,16(21)22-6-3)15(20)10-8-12-7-9-13(18)11-14(12)19/h7-11H,4-6H2,1-3H3/b10-8+. The molecule has 1 aromatic carbocycles. The van der Waals surface area contributed by atoms with Gasteiger partial charge < -0.3 is 4.74 Å². The van der Waals surface area contributed by atoms with E-state index in [1.165, 1.54) is 6.08 Å². The van der Waals surface area contributed by atoms with E-state index in [1.54, 1.807) is 45.0 Å². The second kappa shape index (κ2) is 8.35. The summed E-state index contributed by atoms with van der Waals surface area (Å²) in [5.41, 5.74) is -0.463. The Morgan fingerprint density at radius 2 is 1.82 bits per heavy atom. The van der Waals surface area contributed by atoms with Gasteiger partial charge >= 0.3 is 5.97 Å². The molecular weight excluding hydrogens is 323 g/mol. The van der Waals surface area contributed by atoms with Gasteiger partial charge in [-0.15, -0.1) is 0 Å². The van der Waals surface area contributed by atoms with Gasteiger partial charge in [-0.25, -0.2) is 0 Å². The molecule has 0 aliphatic heterocycles. The maximum Gasteiger partial charge on any atom is 0.319 e. The first-order chi connectivity index (χ1) is 10.4. The van der Waals surface area contributed by atoms with E-state index in [0.717, 1.165) is 0 Å². The first-order valence-corrected chi connectivity index (χ1v) is 8.01. The normalized spacial score (nSPS) is 11.7. The zero-order chi connectivity index (χ0) is 16.8. The molecule has 0 aliphatic carbocycles. The highest BCUT2D eigenvalue weighted by Crippen LogP contribution is 2.31. The van der Waals surface area contributed by atoms with Crippen LogP contribution in [0.3, 0.4) is 0 Å². The molecule has 0 saturated heterocycles. The Labute approximate surface area is 141 Å². The first kappa shape index (κ1) is 18.7. The van der Waals surface area contributed by atoms with Crippen LogP contribution < -0.4 is 0 Å². The quantitative estimate of drug-likeness (QED) is 0.400. The second-order valence-electron chi connectivity index (χ2n) is 4.87. The Morgan fingerprint density at radius 3 is 2.32 bits per heavy atom. The minimum absolute atomic E-state index is 0.251. The van der Waals surface area contributed by atoms with Gasteiger partial charge in [-0.2, -0.15) is 0 Å². The summed E-state index contributed by atoms with van der Waals surface area (Å²) in [5, 5.41) is 0.975. The molecule has 22 heavy (non-hydrogen) atoms. The monoisotopic (exact) mass is 342 g/mol. The molecule has 0 saturated carbocycles. The second-order valence-corrected chi connectivity index (χ2v) is 5.72. The highest BCUT2D eigenvalue weighted by atomic mass is 35.5. The molecule has 1 rings (SSSR count). The molecule has 0 spiro atoms. The summed E-state index contributed by atoms with van der Waals surface area (Å²) in [6.07, 6.45) is 3.76. The first-order valence-electron chi connectivity index (χ1n) is 7.26. The fourth-order valence-electron chi connectivity index (χ4n) is 2.22. The fraction of sp³-hybridized carbons (Fsp3) is 0.412. The zero-order valence-corrected chi connectivity index (χ0v) is 14.5. The van der Waals surface area contributed by atoms with E-state index in [2.05, 4.69) is 0 Å². The molecule has 0 amide bonds. The van der Waals surface area contributed by atoms with E-state index in [1.807, 2.05) is 0 Å². The number of rotatable bonds is 7. The number of hydrogen-bond acceptors (Lipinski definition) is 3. The predicted octanol–water partition coefficient (Wildman–Crippen LogP) is 4.95. The number of halogens is 2. The van der Waals surface area contributed by atoms with Gasteiger partial charge in [0.15, 0.2) is 5.78 Å². The van der Waals surface area contributed by atoms with E-state index in [4.69, 9.17) is 27.9 Å². The Bertz CT molecular complexity index is 575. The maximum atomic E-state index is 12.5. The molecule has 0 heterocycles. The summed E-state index contributed by atoms with van der Waals surface area (Å²) in [5.74, 6) is -0.751. The molecule has 0 aliphatic rings. The Kier molecular flexibility index (Phi) is 7.11. The SMILES string of the molecule is CCOC(=O)C(CC)(CC)C(=O)/C=C/c1ccc(Cl)cc1Cl. The average molecular weight is 343 g/mol. The Hall–Kier alpha value is -1.32. The summed E-state index contributed by atoms with van der Waals surface area (Å²) in [4.78, 5) is 24.7. The molecule has 3 nitrogen and oxygen atoms in total. The molecule has 0 unspecified atom stereocenters. The van der Waals surface area contributed by atoms with E-state index in [9.17, 15) is 9.59 Å². The van der Waals surface area contributed by atoms with Gasteiger partial charge in [-0.05, 0) is 49.6 Å². The van der Waals surface area contributed by atoms with E-state index in [0.29, 0.717) is 28.5 Å². The molecular formula is C17H20Cl2O3. The van der Waals surface area contributed by atoms with Crippen molar-refractivity contribution in [2.45, 2.75) is 33.6 Å². The van der Waals surface area contributed by atoms with Crippen molar-refractivity contribution < 1.29 is 14.3 Å². The van der Waals surface area contributed by atoms with Crippen LogP contribution in [-0.4, -0.2) is 18.4 Å². The van der Waals surface area contributed by atoms with Crippen LogP contribution in [0, 0.1) is 5.41 Å². The molecule has 0 aromatic heterocycles. The topological polar surface area (TPSA) is 43.4 Å². The number of ether oxygens (including phenoxy) is 1. The summed E-state index contributed by atoms with van der Waals surface area (Å²) < 4.78 is 5.06.